The van der Waals surface area contributed by atoms with E-state index in [9.17, 15) is 0 Å². The topological polar surface area (TPSA) is 18.5 Å². The van der Waals surface area contributed by atoms with Crippen molar-refractivity contribution < 1.29 is 9.78 Å². The van der Waals surface area contributed by atoms with Crippen molar-refractivity contribution in [3.05, 3.63) is 0 Å². The monoisotopic (exact) mass is 146 g/mol. The van der Waals surface area contributed by atoms with Crippen LogP contribution in [0.4, 0.5) is 0 Å². The van der Waals surface area contributed by atoms with Crippen molar-refractivity contribution in [2.24, 2.45) is 0 Å². The predicted octanol–water partition coefficient (Wildman–Crippen LogP) is 2.53. The van der Waals surface area contributed by atoms with Crippen LogP contribution in [0, 0.1) is 0 Å². The van der Waals surface area contributed by atoms with E-state index in [1.54, 1.807) is 0 Å². The summed E-state index contributed by atoms with van der Waals surface area (Å²) < 4.78 is 0. The molecule has 1 rings (SSSR count). The van der Waals surface area contributed by atoms with Gasteiger partial charge in [0.1, 0.15) is 13.2 Å². The summed E-state index contributed by atoms with van der Waals surface area (Å²) in [5.41, 5.74) is 0. The molecule has 1 aliphatic heterocycles. The van der Waals surface area contributed by atoms with Crippen LogP contribution in [0.1, 0.15) is 39.5 Å². The molecule has 0 saturated carbocycles. The van der Waals surface area contributed by atoms with E-state index in [0.717, 1.165) is 13.2 Å². The third-order valence-corrected chi connectivity index (χ3v) is 1.29. The normalized spacial score (nSPS) is 15.0. The highest BCUT2D eigenvalue weighted by Crippen LogP contribution is 1.95. The van der Waals surface area contributed by atoms with Crippen LogP contribution in [0.5, 0.6) is 0 Å². The number of hydrogen-bond donors (Lipinski definition) is 0. The van der Waals surface area contributed by atoms with Crippen molar-refractivity contribution in [2.45, 2.75) is 39.5 Å². The Hall–Kier alpha value is -0.0800. The second-order valence-corrected chi connectivity index (χ2v) is 2.35. The lowest BCUT2D eigenvalue weighted by atomic mass is 10.2. The Morgan fingerprint density at radius 1 is 0.900 bits per heavy atom. The maximum absolute atomic E-state index is 4.22. The van der Waals surface area contributed by atoms with E-state index in [4.69, 9.17) is 0 Å². The third-order valence-electron chi connectivity index (χ3n) is 1.29. The summed E-state index contributed by atoms with van der Waals surface area (Å²) in [5.74, 6) is 0. The highest BCUT2D eigenvalue weighted by molar-refractivity contribution is 4.31. The Kier molecular flexibility index (Phi) is 8.85. The maximum atomic E-state index is 4.22. The highest BCUT2D eigenvalue weighted by Gasteiger charge is 1.95. The van der Waals surface area contributed by atoms with Crippen LogP contribution in [-0.4, -0.2) is 13.2 Å². The zero-order chi connectivity index (χ0) is 7.66. The minimum atomic E-state index is 0.778. The zero-order valence-corrected chi connectivity index (χ0v) is 7.06. The first-order valence-corrected chi connectivity index (χ1v) is 4.16. The summed E-state index contributed by atoms with van der Waals surface area (Å²) in [4.78, 5) is 8.44. The lowest BCUT2D eigenvalue weighted by Gasteiger charge is -2.08. The van der Waals surface area contributed by atoms with Gasteiger partial charge in [0, 0.05) is 0 Å². The van der Waals surface area contributed by atoms with Gasteiger partial charge in [-0.1, -0.05) is 39.5 Å². The van der Waals surface area contributed by atoms with Gasteiger partial charge in [0.25, 0.3) is 0 Å². The van der Waals surface area contributed by atoms with Crippen LogP contribution >= 0.6 is 0 Å². The van der Waals surface area contributed by atoms with Crippen molar-refractivity contribution in [1.82, 2.24) is 0 Å². The van der Waals surface area contributed by atoms with E-state index >= 15 is 0 Å². The van der Waals surface area contributed by atoms with Gasteiger partial charge in [0.15, 0.2) is 0 Å². The lowest BCUT2D eigenvalue weighted by molar-refractivity contribution is -0.382. The van der Waals surface area contributed by atoms with Gasteiger partial charge in [-0.2, -0.15) is 0 Å². The molecule has 2 heteroatoms. The van der Waals surface area contributed by atoms with Crippen LogP contribution in [0.3, 0.4) is 0 Å². The van der Waals surface area contributed by atoms with E-state index in [-0.39, 0.29) is 0 Å². The summed E-state index contributed by atoms with van der Waals surface area (Å²) in [7, 11) is 0. The zero-order valence-electron chi connectivity index (χ0n) is 7.06. The summed E-state index contributed by atoms with van der Waals surface area (Å²) in [6.07, 6.45) is 5.54. The smallest absolute Gasteiger partial charge is 0.109 e. The molecule has 0 aromatic rings. The van der Waals surface area contributed by atoms with Crippen molar-refractivity contribution in [3.8, 4) is 0 Å². The molecule has 0 unspecified atom stereocenters. The molecule has 0 aliphatic carbocycles. The molecule has 0 aromatic carbocycles. The van der Waals surface area contributed by atoms with Crippen LogP contribution in [0.2, 0.25) is 0 Å². The summed E-state index contributed by atoms with van der Waals surface area (Å²) >= 11 is 0. The van der Waals surface area contributed by atoms with Gasteiger partial charge in [-0.25, -0.2) is 9.78 Å². The van der Waals surface area contributed by atoms with E-state index < -0.39 is 0 Å². The predicted molar refractivity (Wildman–Crippen MR) is 41.7 cm³/mol. The van der Waals surface area contributed by atoms with Gasteiger partial charge >= 0.3 is 0 Å². The molecule has 1 heterocycles. The van der Waals surface area contributed by atoms with Gasteiger partial charge in [-0.05, 0) is 0 Å². The molecule has 0 atom stereocenters. The number of hydrogen-bond acceptors (Lipinski definition) is 2. The largest absolute Gasteiger partial charge is 0.234 e. The van der Waals surface area contributed by atoms with Crippen molar-refractivity contribution in [2.75, 3.05) is 13.2 Å². The van der Waals surface area contributed by atoms with Gasteiger partial charge in [-0.15, -0.1) is 0 Å². The first-order chi connectivity index (χ1) is 4.91. The maximum Gasteiger partial charge on any atom is 0.109 e. The third kappa shape index (κ3) is 7.92. The minimum absolute atomic E-state index is 0.778. The Labute approximate surface area is 63.5 Å². The minimum Gasteiger partial charge on any atom is -0.234 e. The first-order valence-electron chi connectivity index (χ1n) is 4.16. The summed E-state index contributed by atoms with van der Waals surface area (Å²) in [6, 6.07) is 0. The fraction of sp³-hybridized carbons (Fsp3) is 1.00. The molecule has 0 bridgehead atoms. The number of rotatable bonds is 3. The second-order valence-electron chi connectivity index (χ2n) is 2.35. The Morgan fingerprint density at radius 3 is 1.30 bits per heavy atom. The summed E-state index contributed by atoms with van der Waals surface area (Å²) in [5, 5.41) is 0. The molecule has 62 valence electrons. The van der Waals surface area contributed by atoms with Crippen molar-refractivity contribution in [3.63, 3.8) is 0 Å². The molecular formula is C8H18O2. The van der Waals surface area contributed by atoms with Crippen LogP contribution in [0.15, 0.2) is 0 Å². The molecule has 0 radical (unpaired) electrons. The first kappa shape index (κ1) is 9.92. The van der Waals surface area contributed by atoms with E-state index in [0.29, 0.717) is 0 Å². The molecule has 0 aromatic heterocycles. The Morgan fingerprint density at radius 2 is 1.20 bits per heavy atom. The second kappa shape index (κ2) is 8.92. The molecule has 1 aliphatic rings. The van der Waals surface area contributed by atoms with Crippen LogP contribution < -0.4 is 0 Å². The molecule has 1 fully saturated rings. The van der Waals surface area contributed by atoms with Gasteiger partial charge < -0.3 is 0 Å². The fourth-order valence-corrected chi connectivity index (χ4v) is 0.583. The standard InChI is InChI=1S/C6H14.C2H4O2/c1-3-5-6-4-2;1-2-4-3-1/h3-6H2,1-2H3;1-2H2. The fourth-order valence-electron chi connectivity index (χ4n) is 0.583. The molecular weight excluding hydrogens is 128 g/mol. The van der Waals surface area contributed by atoms with E-state index in [1.807, 2.05) is 0 Å². The van der Waals surface area contributed by atoms with Gasteiger partial charge in [0.2, 0.25) is 0 Å². The van der Waals surface area contributed by atoms with E-state index in [2.05, 4.69) is 23.6 Å². The van der Waals surface area contributed by atoms with E-state index in [1.165, 1.54) is 25.7 Å². The van der Waals surface area contributed by atoms with Crippen molar-refractivity contribution in [1.29, 1.82) is 0 Å². The molecule has 0 amide bonds. The SMILES string of the molecule is C1COO1.CCCCCC. The summed E-state index contributed by atoms with van der Waals surface area (Å²) in [6.45, 7) is 6.02. The molecule has 2 nitrogen and oxygen atoms in total. The van der Waals surface area contributed by atoms with Crippen LogP contribution in [-0.2, 0) is 9.78 Å². The molecule has 1 saturated heterocycles. The lowest BCUT2D eigenvalue weighted by Crippen LogP contribution is -2.14. The molecule has 0 N–H and O–H groups in total. The van der Waals surface area contributed by atoms with Gasteiger partial charge in [-0.3, -0.25) is 0 Å². The quantitative estimate of drug-likeness (QED) is 0.450. The Bertz CT molecular complexity index is 43.2. The van der Waals surface area contributed by atoms with Crippen LogP contribution in [0.25, 0.3) is 0 Å². The van der Waals surface area contributed by atoms with Crippen molar-refractivity contribution >= 4 is 0 Å². The Balaban J connectivity index is 0.000000172. The van der Waals surface area contributed by atoms with Gasteiger partial charge in [0.05, 0.1) is 0 Å². The number of unbranched alkanes of at least 4 members (excludes halogenated alkanes) is 3. The molecule has 0 spiro atoms. The highest BCUT2D eigenvalue weighted by atomic mass is 17.2. The average Bonchev–Trinajstić information content (AvgIpc) is 1.79. The molecule has 10 heavy (non-hydrogen) atoms. The average molecular weight is 146 g/mol.